The van der Waals surface area contributed by atoms with E-state index in [4.69, 9.17) is 28.0 Å². The first-order chi connectivity index (χ1) is 13.9. The highest BCUT2D eigenvalue weighted by molar-refractivity contribution is 6.34. The minimum absolute atomic E-state index is 0.00290. The monoisotopic (exact) mass is 457 g/mol. The third-order valence-corrected chi connectivity index (χ3v) is 5.25. The maximum Gasteiger partial charge on any atom is 0.428 e. The Labute approximate surface area is 182 Å². The van der Waals surface area contributed by atoms with Gasteiger partial charge >= 0.3 is 6.18 Å². The molecule has 0 radical (unpaired) electrons. The van der Waals surface area contributed by atoms with Crippen molar-refractivity contribution in [1.82, 2.24) is 5.48 Å². The summed E-state index contributed by atoms with van der Waals surface area (Å²) in [5.74, 6) is 0.206. The number of rotatable bonds is 5. The van der Waals surface area contributed by atoms with E-state index in [1.54, 1.807) is 25.1 Å². The second-order valence-corrected chi connectivity index (χ2v) is 8.58. The zero-order valence-electron chi connectivity index (χ0n) is 16.5. The lowest BCUT2D eigenvalue weighted by atomic mass is 9.90. The van der Waals surface area contributed by atoms with Crippen LogP contribution in [0.2, 0.25) is 10.0 Å². The fourth-order valence-electron chi connectivity index (χ4n) is 3.38. The molecule has 1 aliphatic heterocycles. The second kappa shape index (κ2) is 8.25. The molecule has 1 aliphatic rings. The molecule has 3 nitrogen and oxygen atoms in total. The number of aryl methyl sites for hydroxylation is 1. The number of hydrogen-bond acceptors (Lipinski definition) is 3. The summed E-state index contributed by atoms with van der Waals surface area (Å²) in [6, 6.07) is 8.57. The minimum atomic E-state index is -4.78. The van der Waals surface area contributed by atoms with Crippen molar-refractivity contribution in [3.63, 3.8) is 0 Å². The number of halogens is 5. The Morgan fingerprint density at radius 1 is 1.13 bits per heavy atom. The molecule has 160 valence electrons. The summed E-state index contributed by atoms with van der Waals surface area (Å²) >= 11 is 11.8. The van der Waals surface area contributed by atoms with Crippen molar-refractivity contribution in [2.24, 2.45) is 5.92 Å². The molecule has 0 spiro atoms. The number of carbonyl (C=O) groups is 1. The molecule has 1 heterocycles. The fraction of sp³-hybridized carbons (Fsp3) is 0.318. The average molecular weight is 458 g/mol. The van der Waals surface area contributed by atoms with Gasteiger partial charge in [-0.25, -0.2) is 0 Å². The summed E-state index contributed by atoms with van der Waals surface area (Å²) in [6.45, 7) is 5.65. The van der Waals surface area contributed by atoms with Crippen molar-refractivity contribution in [2.75, 3.05) is 0 Å². The normalized spacial score (nSPS) is 19.0. The summed E-state index contributed by atoms with van der Waals surface area (Å²) < 4.78 is 42.3. The molecule has 0 saturated carbocycles. The largest absolute Gasteiger partial charge is 0.428 e. The van der Waals surface area contributed by atoms with Crippen molar-refractivity contribution in [2.45, 2.75) is 39.0 Å². The molecule has 1 atom stereocenters. The zero-order chi connectivity index (χ0) is 22.3. The molecule has 3 rings (SSSR count). The van der Waals surface area contributed by atoms with Crippen LogP contribution in [0.4, 0.5) is 13.2 Å². The van der Waals surface area contributed by atoms with E-state index in [0.717, 1.165) is 6.08 Å². The summed E-state index contributed by atoms with van der Waals surface area (Å²) in [7, 11) is 0. The van der Waals surface area contributed by atoms with E-state index in [0.29, 0.717) is 23.1 Å². The number of hydrogen-bond donors (Lipinski definition) is 1. The predicted molar refractivity (Wildman–Crippen MR) is 111 cm³/mol. The molecule has 0 saturated heterocycles. The maximum atomic E-state index is 14.1. The van der Waals surface area contributed by atoms with E-state index >= 15 is 0 Å². The average Bonchev–Trinajstić information content (AvgIpc) is 3.06. The molecule has 30 heavy (non-hydrogen) atoms. The van der Waals surface area contributed by atoms with E-state index in [1.165, 1.54) is 18.2 Å². The third kappa shape index (κ3) is 4.36. The molecule has 2 aromatic rings. The van der Waals surface area contributed by atoms with Gasteiger partial charge in [-0.2, -0.15) is 13.2 Å². The number of ketones is 1. The standard InChI is InChI=1S/C22H20Cl2F3NO2/c1-12(2)6-20(29)18-5-4-14(7-13(18)3)19-11-21(30-28-19,22(25,26)27)15-8-16(23)10-17(24)9-15/h4-5,7-12,28H,6H2,1-3H3. The molecule has 0 bridgehead atoms. The highest BCUT2D eigenvalue weighted by atomic mass is 35.5. The van der Waals surface area contributed by atoms with Gasteiger partial charge in [0.2, 0.25) is 5.60 Å². The van der Waals surface area contributed by atoms with Crippen molar-refractivity contribution >= 4 is 34.7 Å². The van der Waals surface area contributed by atoms with Crippen LogP contribution in [0.15, 0.2) is 42.5 Å². The van der Waals surface area contributed by atoms with Crippen LogP contribution in [0, 0.1) is 12.8 Å². The van der Waals surface area contributed by atoms with E-state index < -0.39 is 11.8 Å². The zero-order valence-corrected chi connectivity index (χ0v) is 18.0. The van der Waals surface area contributed by atoms with E-state index in [9.17, 15) is 18.0 Å². The van der Waals surface area contributed by atoms with Crippen LogP contribution in [-0.2, 0) is 10.4 Å². The van der Waals surface area contributed by atoms with Crippen molar-refractivity contribution in [3.05, 3.63) is 74.8 Å². The summed E-state index contributed by atoms with van der Waals surface area (Å²) in [6.07, 6.45) is -3.42. The van der Waals surface area contributed by atoms with Crippen molar-refractivity contribution in [3.8, 4) is 0 Å². The molecule has 1 N–H and O–H groups in total. The molecular formula is C22H20Cl2F3NO2. The van der Waals surface area contributed by atoms with Gasteiger partial charge in [0.1, 0.15) is 0 Å². The number of alkyl halides is 3. The number of nitrogens with one attached hydrogen (secondary N) is 1. The van der Waals surface area contributed by atoms with Gasteiger partial charge in [0.05, 0.1) is 5.70 Å². The smallest absolute Gasteiger partial charge is 0.294 e. The lowest BCUT2D eigenvalue weighted by molar-refractivity contribution is -0.269. The van der Waals surface area contributed by atoms with Crippen LogP contribution in [0.25, 0.3) is 5.70 Å². The van der Waals surface area contributed by atoms with Gasteiger partial charge in [0.15, 0.2) is 5.78 Å². The third-order valence-electron chi connectivity index (χ3n) is 4.81. The van der Waals surface area contributed by atoms with Crippen LogP contribution in [0.1, 0.15) is 47.3 Å². The van der Waals surface area contributed by atoms with Crippen molar-refractivity contribution < 1.29 is 22.8 Å². The minimum Gasteiger partial charge on any atom is -0.294 e. The van der Waals surface area contributed by atoms with Crippen molar-refractivity contribution in [1.29, 1.82) is 0 Å². The molecule has 0 aromatic heterocycles. The Morgan fingerprint density at radius 2 is 1.77 bits per heavy atom. The summed E-state index contributed by atoms with van der Waals surface area (Å²) in [4.78, 5) is 17.4. The Hall–Kier alpha value is -2.02. The first-order valence-corrected chi connectivity index (χ1v) is 10.0. The molecule has 0 aliphatic carbocycles. The van der Waals surface area contributed by atoms with Crippen LogP contribution in [-0.4, -0.2) is 12.0 Å². The van der Waals surface area contributed by atoms with Gasteiger partial charge in [-0.1, -0.05) is 49.2 Å². The van der Waals surface area contributed by atoms with Gasteiger partial charge < -0.3 is 0 Å². The molecule has 8 heteroatoms. The van der Waals surface area contributed by atoms with E-state index in [-0.39, 0.29) is 33.0 Å². The SMILES string of the molecule is Cc1cc(C2=CC(c3cc(Cl)cc(Cl)c3)(C(F)(F)F)ON2)ccc1C(=O)CC(C)C. The van der Waals surface area contributed by atoms with Gasteiger partial charge in [0, 0.05) is 27.6 Å². The lowest BCUT2D eigenvalue weighted by Crippen LogP contribution is -2.42. The maximum absolute atomic E-state index is 14.1. The Kier molecular flexibility index (Phi) is 6.23. The lowest BCUT2D eigenvalue weighted by Gasteiger charge is -2.28. The quantitative estimate of drug-likeness (QED) is 0.498. The Morgan fingerprint density at radius 3 is 2.30 bits per heavy atom. The van der Waals surface area contributed by atoms with E-state index in [1.807, 2.05) is 13.8 Å². The number of carbonyl (C=O) groups excluding carboxylic acids is 1. The Balaban J connectivity index is 2.03. The molecule has 0 amide bonds. The van der Waals surface area contributed by atoms with Crippen LogP contribution >= 0.6 is 23.2 Å². The molecule has 2 aromatic carbocycles. The molecule has 0 fully saturated rings. The van der Waals surface area contributed by atoms with Gasteiger partial charge in [0.25, 0.3) is 0 Å². The number of Topliss-reactive ketones (excluding diaryl/α,β-unsaturated/α-hetero) is 1. The van der Waals surface area contributed by atoms with Crippen LogP contribution < -0.4 is 5.48 Å². The summed E-state index contributed by atoms with van der Waals surface area (Å²) in [5.41, 5.74) is 1.22. The fourth-order valence-corrected chi connectivity index (χ4v) is 3.90. The highest BCUT2D eigenvalue weighted by Crippen LogP contribution is 2.48. The Bertz CT molecular complexity index is 998. The van der Waals surface area contributed by atoms with Gasteiger partial charge in [-0.3, -0.25) is 15.1 Å². The van der Waals surface area contributed by atoms with E-state index in [2.05, 4.69) is 5.48 Å². The second-order valence-electron chi connectivity index (χ2n) is 7.70. The first kappa shape index (κ1) is 22.7. The van der Waals surface area contributed by atoms with Gasteiger partial charge in [-0.05, 0) is 54.3 Å². The summed E-state index contributed by atoms with van der Waals surface area (Å²) in [5, 5.41) is 0.130. The molecular weight excluding hydrogens is 438 g/mol. The van der Waals surface area contributed by atoms with Gasteiger partial charge in [-0.15, -0.1) is 0 Å². The first-order valence-electron chi connectivity index (χ1n) is 9.27. The number of benzene rings is 2. The van der Waals surface area contributed by atoms with Crippen LogP contribution in [0.5, 0.6) is 0 Å². The van der Waals surface area contributed by atoms with Crippen LogP contribution in [0.3, 0.4) is 0 Å². The topological polar surface area (TPSA) is 38.3 Å². The highest BCUT2D eigenvalue weighted by Gasteiger charge is 2.59. The number of hydroxylamine groups is 1. The predicted octanol–water partition coefficient (Wildman–Crippen LogP) is 6.86. The molecule has 1 unspecified atom stereocenters.